The number of fused-ring (bicyclic) bond motifs is 1. The number of hydrogen-bond acceptors (Lipinski definition) is 6. The summed E-state index contributed by atoms with van der Waals surface area (Å²) in [5.41, 5.74) is 2.86. The number of hydrogen-bond donors (Lipinski definition) is 0. The van der Waals surface area contributed by atoms with E-state index in [-0.39, 0.29) is 22.4 Å². The number of pyridine rings is 1. The molecule has 1 saturated heterocycles. The van der Waals surface area contributed by atoms with Gasteiger partial charge in [0.2, 0.25) is 11.2 Å². The van der Waals surface area contributed by atoms with Crippen LogP contribution in [0.15, 0.2) is 18.5 Å². The average Bonchev–Trinajstić information content (AvgIpc) is 3.17. The summed E-state index contributed by atoms with van der Waals surface area (Å²) < 4.78 is 7.21. The Hall–Kier alpha value is -2.45. The molecule has 4 rings (SSSR count). The zero-order valence-corrected chi connectivity index (χ0v) is 20.4. The summed E-state index contributed by atoms with van der Waals surface area (Å²) in [6, 6.07) is 2.03. The van der Waals surface area contributed by atoms with E-state index < -0.39 is 0 Å². The van der Waals surface area contributed by atoms with Crippen molar-refractivity contribution in [3.63, 3.8) is 0 Å². The predicted octanol–water partition coefficient (Wildman–Crippen LogP) is 5.14. The Balaban J connectivity index is 1.44. The monoisotopic (exact) mass is 490 g/mol. The number of ether oxygens (including phenoxy) is 1. The van der Waals surface area contributed by atoms with Crippen molar-refractivity contribution in [1.29, 1.82) is 0 Å². The Kier molecular flexibility index (Phi) is 7.65. The molecule has 0 aliphatic carbocycles. The fraction of sp³-hybridized carbons (Fsp3) is 0.522. The number of carbonyl (C=O) groups excluding carboxylic acids is 1. The van der Waals surface area contributed by atoms with E-state index in [1.54, 1.807) is 6.20 Å². The zero-order chi connectivity index (χ0) is 23.4. The number of piperidine rings is 1. The molecule has 0 bridgehead atoms. The average molecular weight is 491 g/mol. The maximum absolute atomic E-state index is 13.1. The predicted molar refractivity (Wildman–Crippen MR) is 128 cm³/mol. The second-order valence-corrected chi connectivity index (χ2v) is 9.05. The molecule has 0 unspecified atom stereocenters. The molecule has 0 radical (unpaired) electrons. The van der Waals surface area contributed by atoms with Crippen molar-refractivity contribution >= 4 is 40.1 Å². The van der Waals surface area contributed by atoms with E-state index in [1.807, 2.05) is 21.8 Å². The van der Waals surface area contributed by atoms with Gasteiger partial charge in [-0.25, -0.2) is 4.98 Å². The Morgan fingerprint density at radius 2 is 1.94 bits per heavy atom. The largest absolute Gasteiger partial charge is 0.479 e. The second-order valence-electron chi connectivity index (χ2n) is 8.35. The van der Waals surface area contributed by atoms with Crippen LogP contribution >= 0.6 is 23.2 Å². The minimum absolute atomic E-state index is 0.0207. The number of likely N-dealkylation sites (tertiary alicyclic amines) is 1. The summed E-state index contributed by atoms with van der Waals surface area (Å²) in [5, 5.41) is 4.79. The van der Waals surface area contributed by atoms with Gasteiger partial charge in [0.25, 0.3) is 5.91 Å². The van der Waals surface area contributed by atoms with E-state index in [1.165, 1.54) is 26.4 Å². The highest BCUT2D eigenvalue weighted by molar-refractivity contribution is 6.34. The molecule has 1 aliphatic heterocycles. The van der Waals surface area contributed by atoms with Gasteiger partial charge in [-0.1, -0.05) is 37.8 Å². The third kappa shape index (κ3) is 5.22. The van der Waals surface area contributed by atoms with Crippen LogP contribution in [0.5, 0.6) is 5.88 Å². The second kappa shape index (κ2) is 10.7. The van der Waals surface area contributed by atoms with Crippen LogP contribution in [0.1, 0.15) is 67.4 Å². The van der Waals surface area contributed by atoms with Crippen molar-refractivity contribution < 1.29 is 9.53 Å². The number of methoxy groups -OCH3 is 1. The van der Waals surface area contributed by atoms with Crippen LogP contribution in [-0.4, -0.2) is 55.7 Å². The van der Waals surface area contributed by atoms with Gasteiger partial charge in [0.15, 0.2) is 10.7 Å². The van der Waals surface area contributed by atoms with Crippen molar-refractivity contribution in [3.8, 4) is 5.88 Å². The lowest BCUT2D eigenvalue weighted by Crippen LogP contribution is -2.39. The molecule has 10 heteroatoms. The number of aryl methyl sites for hydroxylation is 1. The maximum Gasteiger partial charge on any atom is 0.255 e. The maximum atomic E-state index is 13.1. The number of rotatable bonds is 8. The van der Waals surface area contributed by atoms with Gasteiger partial charge >= 0.3 is 0 Å². The smallest absolute Gasteiger partial charge is 0.255 e. The minimum Gasteiger partial charge on any atom is -0.479 e. The zero-order valence-electron chi connectivity index (χ0n) is 18.9. The molecule has 4 heterocycles. The molecule has 0 aromatic carbocycles. The van der Waals surface area contributed by atoms with Gasteiger partial charge in [-0.15, -0.1) is 0 Å². The molecular formula is C23H28Cl2N6O2. The highest BCUT2D eigenvalue weighted by atomic mass is 35.5. The molecule has 3 aromatic heterocycles. The topological polar surface area (TPSA) is 86.0 Å². The van der Waals surface area contributed by atoms with Crippen molar-refractivity contribution in [2.24, 2.45) is 0 Å². The van der Waals surface area contributed by atoms with E-state index in [0.717, 1.165) is 31.2 Å². The van der Waals surface area contributed by atoms with E-state index in [0.29, 0.717) is 35.6 Å². The SMILES string of the molecule is CCCCCCc1cncc(C(=O)N2CCC(n3nc(Cl)c4nc(Cl)nc(OC)c43)CC2)c1. The van der Waals surface area contributed by atoms with Crippen LogP contribution in [-0.2, 0) is 6.42 Å². The van der Waals surface area contributed by atoms with E-state index in [2.05, 4.69) is 27.0 Å². The standard InChI is InChI=1S/C23H28Cl2N6O2/c1-3-4-5-6-7-15-12-16(14-26-13-15)22(32)30-10-8-17(9-11-30)31-19-18(20(24)29-31)27-23(25)28-21(19)33-2/h12-14,17H,3-11H2,1-2H3. The van der Waals surface area contributed by atoms with Crippen molar-refractivity contribution in [3.05, 3.63) is 40.0 Å². The first-order chi connectivity index (χ1) is 16.0. The number of unbranched alkanes of at least 4 members (excludes halogenated alkanes) is 3. The van der Waals surface area contributed by atoms with Gasteiger partial charge in [0.1, 0.15) is 5.52 Å². The molecule has 1 aliphatic rings. The van der Waals surface area contributed by atoms with Crippen molar-refractivity contribution in [2.75, 3.05) is 20.2 Å². The van der Waals surface area contributed by atoms with Crippen LogP contribution in [0.3, 0.4) is 0 Å². The highest BCUT2D eigenvalue weighted by Gasteiger charge is 2.29. The van der Waals surface area contributed by atoms with Gasteiger partial charge < -0.3 is 9.64 Å². The molecule has 1 amide bonds. The summed E-state index contributed by atoms with van der Waals surface area (Å²) in [6.45, 7) is 3.42. The molecular weight excluding hydrogens is 463 g/mol. The Morgan fingerprint density at radius 1 is 1.15 bits per heavy atom. The van der Waals surface area contributed by atoms with Crippen molar-refractivity contribution in [1.82, 2.24) is 29.6 Å². The molecule has 33 heavy (non-hydrogen) atoms. The van der Waals surface area contributed by atoms with Gasteiger partial charge in [-0.05, 0) is 48.9 Å². The molecule has 3 aromatic rings. The van der Waals surface area contributed by atoms with Crippen LogP contribution < -0.4 is 4.74 Å². The first-order valence-corrected chi connectivity index (χ1v) is 12.2. The first-order valence-electron chi connectivity index (χ1n) is 11.4. The van der Waals surface area contributed by atoms with Crippen LogP contribution in [0.2, 0.25) is 10.4 Å². The molecule has 0 saturated carbocycles. The summed E-state index contributed by atoms with van der Waals surface area (Å²) >= 11 is 12.3. The summed E-state index contributed by atoms with van der Waals surface area (Å²) in [5.74, 6) is 0.358. The third-order valence-electron chi connectivity index (χ3n) is 6.10. The lowest BCUT2D eigenvalue weighted by Gasteiger charge is -2.32. The van der Waals surface area contributed by atoms with E-state index in [4.69, 9.17) is 27.9 Å². The molecule has 176 valence electrons. The lowest BCUT2D eigenvalue weighted by molar-refractivity contribution is 0.0691. The number of carbonyl (C=O) groups is 1. The quantitative estimate of drug-likeness (QED) is 0.321. The normalized spacial score (nSPS) is 14.7. The minimum atomic E-state index is 0.0207. The molecule has 0 atom stereocenters. The molecule has 0 spiro atoms. The number of halogens is 2. The number of amides is 1. The fourth-order valence-electron chi connectivity index (χ4n) is 4.35. The first kappa shape index (κ1) is 23.7. The summed E-state index contributed by atoms with van der Waals surface area (Å²) in [6.07, 6.45) is 10.7. The molecule has 0 N–H and O–H groups in total. The fourth-order valence-corrected chi connectivity index (χ4v) is 4.72. The Morgan fingerprint density at radius 3 is 2.67 bits per heavy atom. The van der Waals surface area contributed by atoms with Crippen molar-refractivity contribution in [2.45, 2.75) is 57.9 Å². The van der Waals surface area contributed by atoms with Gasteiger partial charge in [0.05, 0.1) is 18.7 Å². The lowest BCUT2D eigenvalue weighted by atomic mass is 10.0. The van der Waals surface area contributed by atoms with Crippen LogP contribution in [0, 0.1) is 0 Å². The Bertz CT molecular complexity index is 1130. The van der Waals surface area contributed by atoms with E-state index in [9.17, 15) is 4.79 Å². The Labute approximate surface area is 203 Å². The van der Waals surface area contributed by atoms with Gasteiger partial charge in [-0.3, -0.25) is 14.5 Å². The highest BCUT2D eigenvalue weighted by Crippen LogP contribution is 2.34. The summed E-state index contributed by atoms with van der Waals surface area (Å²) in [7, 11) is 1.52. The molecule has 1 fully saturated rings. The van der Waals surface area contributed by atoms with Crippen LogP contribution in [0.4, 0.5) is 0 Å². The van der Waals surface area contributed by atoms with E-state index >= 15 is 0 Å². The van der Waals surface area contributed by atoms with Crippen LogP contribution in [0.25, 0.3) is 11.0 Å². The third-order valence-corrected chi connectivity index (χ3v) is 6.52. The number of nitrogens with zero attached hydrogens (tertiary/aromatic N) is 6. The van der Waals surface area contributed by atoms with Gasteiger partial charge in [-0.2, -0.15) is 10.1 Å². The number of aromatic nitrogens is 5. The van der Waals surface area contributed by atoms with Gasteiger partial charge in [0, 0.05) is 25.5 Å². The molecule has 8 nitrogen and oxygen atoms in total. The summed E-state index contributed by atoms with van der Waals surface area (Å²) in [4.78, 5) is 27.7.